The number of aliphatic hydroxyl groups is 1. The van der Waals surface area contributed by atoms with Gasteiger partial charge in [-0.25, -0.2) is 0 Å². The van der Waals surface area contributed by atoms with E-state index in [1.807, 2.05) is 11.0 Å². The second-order valence-electron chi connectivity index (χ2n) is 6.63. The van der Waals surface area contributed by atoms with E-state index in [4.69, 9.17) is 11.6 Å². The van der Waals surface area contributed by atoms with Gasteiger partial charge in [0.15, 0.2) is 5.96 Å². The molecule has 1 aliphatic heterocycles. The van der Waals surface area contributed by atoms with Crippen molar-refractivity contribution in [1.82, 2.24) is 15.5 Å². The van der Waals surface area contributed by atoms with Crippen molar-refractivity contribution in [2.75, 3.05) is 26.7 Å². The van der Waals surface area contributed by atoms with Crippen LogP contribution in [0, 0.1) is 5.92 Å². The molecule has 0 aromatic carbocycles. The number of aliphatic hydroxyl groups excluding tert-OH is 1. The number of nitrogens with zero attached hydrogens (tertiary/aromatic N) is 2. The molecule has 0 bridgehead atoms. The Morgan fingerprint density at radius 1 is 1.40 bits per heavy atom. The predicted octanol–water partition coefficient (Wildman–Crippen LogP) is 2.00. The number of hydrogen-bond acceptors (Lipinski definition) is 4. The van der Waals surface area contributed by atoms with Gasteiger partial charge in [-0.1, -0.05) is 11.6 Å². The second-order valence-corrected chi connectivity index (χ2v) is 8.38. The molecule has 1 aromatic heterocycles. The Kier molecular flexibility index (Phi) is 6.19. The van der Waals surface area contributed by atoms with Crippen molar-refractivity contribution in [3.63, 3.8) is 0 Å². The van der Waals surface area contributed by atoms with Gasteiger partial charge in [-0.15, -0.1) is 11.3 Å². The summed E-state index contributed by atoms with van der Waals surface area (Å²) >= 11 is 7.28. The number of hydrogen-bond donors (Lipinski definition) is 3. The van der Waals surface area contributed by atoms with Crippen LogP contribution in [0.2, 0.25) is 4.34 Å². The molecule has 138 valence electrons. The molecule has 1 unspecified atom stereocenters. The lowest BCUT2D eigenvalue weighted by Crippen LogP contribution is -2.50. The second kappa shape index (κ2) is 8.38. The molecule has 2 heterocycles. The van der Waals surface area contributed by atoms with Crippen LogP contribution in [0.15, 0.2) is 17.1 Å². The minimum absolute atomic E-state index is 0.294. The lowest BCUT2D eigenvalue weighted by molar-refractivity contribution is -0.133. The van der Waals surface area contributed by atoms with E-state index in [9.17, 15) is 9.90 Å². The highest BCUT2D eigenvalue weighted by atomic mass is 35.5. The fourth-order valence-electron chi connectivity index (χ4n) is 3.02. The van der Waals surface area contributed by atoms with E-state index in [0.29, 0.717) is 34.7 Å². The van der Waals surface area contributed by atoms with Crippen molar-refractivity contribution in [3.05, 3.63) is 21.3 Å². The van der Waals surface area contributed by atoms with E-state index in [0.717, 1.165) is 43.6 Å². The zero-order valence-electron chi connectivity index (χ0n) is 14.4. The molecule has 1 amide bonds. The zero-order chi connectivity index (χ0) is 17.8. The van der Waals surface area contributed by atoms with Gasteiger partial charge in [0.2, 0.25) is 5.91 Å². The highest BCUT2D eigenvalue weighted by molar-refractivity contribution is 7.16. The van der Waals surface area contributed by atoms with Crippen molar-refractivity contribution >= 4 is 34.8 Å². The molecule has 25 heavy (non-hydrogen) atoms. The highest BCUT2D eigenvalue weighted by Crippen LogP contribution is 2.32. The van der Waals surface area contributed by atoms with E-state index in [2.05, 4.69) is 15.6 Å². The number of likely N-dealkylation sites (tertiary alicyclic amines) is 1. The van der Waals surface area contributed by atoms with E-state index in [-0.39, 0.29) is 0 Å². The largest absolute Gasteiger partial charge is 0.386 e. The fraction of sp³-hybridized carbons (Fsp3) is 0.647. The number of aliphatic imine (C=N–C) groups is 1. The van der Waals surface area contributed by atoms with Gasteiger partial charge in [0.25, 0.3) is 0 Å². The predicted molar refractivity (Wildman–Crippen MR) is 101 cm³/mol. The third-order valence-corrected chi connectivity index (χ3v) is 6.02. The standard InChI is InChI=1S/C17H25ClN4O2S/c1-19-17(20-10-13(23)14-4-5-15(18)25-14)21-12-6-8-22(9-7-12)16(24)11-2-3-11/h4-5,11-13,23H,2-3,6-10H2,1H3,(H2,19,20,21). The molecule has 3 rings (SSSR count). The molecule has 0 spiro atoms. The minimum atomic E-state index is -0.617. The van der Waals surface area contributed by atoms with Gasteiger partial charge in [-0.3, -0.25) is 9.79 Å². The summed E-state index contributed by atoms with van der Waals surface area (Å²) in [6.07, 6.45) is 3.34. The fourth-order valence-corrected chi connectivity index (χ4v) is 4.07. The summed E-state index contributed by atoms with van der Waals surface area (Å²) in [5, 5.41) is 16.7. The molecule has 1 aromatic rings. The Labute approximate surface area is 157 Å². The van der Waals surface area contributed by atoms with Gasteiger partial charge in [0.1, 0.15) is 6.10 Å². The number of thiophene rings is 1. The number of carbonyl (C=O) groups excluding carboxylic acids is 1. The minimum Gasteiger partial charge on any atom is -0.386 e. The van der Waals surface area contributed by atoms with Gasteiger partial charge >= 0.3 is 0 Å². The molecule has 2 aliphatic rings. The molecule has 1 saturated carbocycles. The number of carbonyl (C=O) groups is 1. The third kappa shape index (κ3) is 5.09. The van der Waals surface area contributed by atoms with Crippen molar-refractivity contribution < 1.29 is 9.90 Å². The number of amides is 1. The van der Waals surface area contributed by atoms with Crippen LogP contribution < -0.4 is 10.6 Å². The number of guanidine groups is 1. The Balaban J connectivity index is 1.41. The van der Waals surface area contributed by atoms with Gasteiger partial charge in [0.05, 0.1) is 4.34 Å². The first-order valence-corrected chi connectivity index (χ1v) is 9.95. The zero-order valence-corrected chi connectivity index (χ0v) is 15.9. The SMILES string of the molecule is CN=C(NCC(O)c1ccc(Cl)s1)NC1CCN(C(=O)C2CC2)CC1. The average molecular weight is 385 g/mol. The number of piperidine rings is 1. The van der Waals surface area contributed by atoms with Crippen LogP contribution in [-0.4, -0.2) is 54.6 Å². The number of rotatable bonds is 5. The topological polar surface area (TPSA) is 77.0 Å². The number of halogens is 1. The highest BCUT2D eigenvalue weighted by Gasteiger charge is 2.34. The summed E-state index contributed by atoms with van der Waals surface area (Å²) in [5.74, 6) is 1.30. The van der Waals surface area contributed by atoms with Gasteiger partial charge in [-0.05, 0) is 37.8 Å². The summed E-state index contributed by atoms with van der Waals surface area (Å²) in [6.45, 7) is 1.98. The molecule has 1 saturated heterocycles. The van der Waals surface area contributed by atoms with Crippen molar-refractivity contribution in [1.29, 1.82) is 0 Å². The van der Waals surface area contributed by atoms with Gasteiger partial charge < -0.3 is 20.6 Å². The molecule has 2 fully saturated rings. The van der Waals surface area contributed by atoms with Crippen LogP contribution in [0.25, 0.3) is 0 Å². The molecule has 1 aliphatic carbocycles. The molecule has 1 atom stereocenters. The van der Waals surface area contributed by atoms with Gasteiger partial charge in [0, 0.05) is 43.5 Å². The third-order valence-electron chi connectivity index (χ3n) is 4.68. The van der Waals surface area contributed by atoms with Crippen LogP contribution in [-0.2, 0) is 4.79 Å². The van der Waals surface area contributed by atoms with Crippen molar-refractivity contribution in [2.45, 2.75) is 37.8 Å². The van der Waals surface area contributed by atoms with E-state index >= 15 is 0 Å². The summed E-state index contributed by atoms with van der Waals surface area (Å²) in [6, 6.07) is 3.92. The van der Waals surface area contributed by atoms with Gasteiger partial charge in [-0.2, -0.15) is 0 Å². The first-order chi connectivity index (χ1) is 12.1. The summed E-state index contributed by atoms with van der Waals surface area (Å²) < 4.78 is 0.670. The Morgan fingerprint density at radius 3 is 2.68 bits per heavy atom. The van der Waals surface area contributed by atoms with Crippen molar-refractivity contribution in [3.8, 4) is 0 Å². The van der Waals surface area contributed by atoms with Crippen LogP contribution >= 0.6 is 22.9 Å². The maximum Gasteiger partial charge on any atom is 0.225 e. The Morgan fingerprint density at radius 2 is 2.12 bits per heavy atom. The van der Waals surface area contributed by atoms with Crippen LogP contribution in [0.1, 0.15) is 36.7 Å². The normalized spacial score (nSPS) is 20.4. The molecular formula is C17H25ClN4O2S. The first kappa shape index (κ1) is 18.5. The lowest BCUT2D eigenvalue weighted by atomic mass is 10.0. The summed E-state index contributed by atoms with van der Waals surface area (Å²) in [4.78, 5) is 19.1. The summed E-state index contributed by atoms with van der Waals surface area (Å²) in [7, 11) is 1.72. The van der Waals surface area contributed by atoms with E-state index in [1.54, 1.807) is 13.1 Å². The molecule has 0 radical (unpaired) electrons. The molecule has 6 nitrogen and oxygen atoms in total. The van der Waals surface area contributed by atoms with E-state index in [1.165, 1.54) is 11.3 Å². The molecule has 8 heteroatoms. The Bertz CT molecular complexity index is 624. The number of nitrogens with one attached hydrogen (secondary N) is 2. The molecular weight excluding hydrogens is 360 g/mol. The van der Waals surface area contributed by atoms with Crippen LogP contribution in [0.3, 0.4) is 0 Å². The Hall–Kier alpha value is -1.31. The average Bonchev–Trinajstić information content (AvgIpc) is 3.39. The lowest BCUT2D eigenvalue weighted by Gasteiger charge is -2.33. The maximum absolute atomic E-state index is 12.1. The maximum atomic E-state index is 12.1. The van der Waals surface area contributed by atoms with E-state index < -0.39 is 6.10 Å². The first-order valence-electron chi connectivity index (χ1n) is 8.76. The monoisotopic (exact) mass is 384 g/mol. The smallest absolute Gasteiger partial charge is 0.225 e. The van der Waals surface area contributed by atoms with Crippen molar-refractivity contribution in [2.24, 2.45) is 10.9 Å². The molecule has 3 N–H and O–H groups in total. The van der Waals surface area contributed by atoms with Crippen LogP contribution in [0.4, 0.5) is 0 Å². The quantitative estimate of drug-likeness (QED) is 0.536. The van der Waals surface area contributed by atoms with Crippen LogP contribution in [0.5, 0.6) is 0 Å². The summed E-state index contributed by atoms with van der Waals surface area (Å²) in [5.41, 5.74) is 0.